The third-order valence-electron chi connectivity index (χ3n) is 1.32. The Kier molecular flexibility index (Phi) is 1.08. The Morgan fingerprint density at radius 3 is 3.00 bits per heavy atom. The van der Waals surface area contributed by atoms with E-state index in [1.54, 1.807) is 11.3 Å². The first-order valence-corrected chi connectivity index (χ1v) is 3.91. The van der Waals surface area contributed by atoms with Gasteiger partial charge < -0.3 is 4.42 Å². The Bertz CT molecular complexity index is 297. The number of oxazole rings is 1. The molecule has 0 saturated heterocycles. The monoisotopic (exact) mass is 153 g/mol. The number of rotatable bonds is 0. The van der Waals surface area contributed by atoms with Crippen LogP contribution < -0.4 is 0 Å². The molecule has 52 valence electrons. The molecule has 2 nitrogen and oxygen atoms in total. The van der Waals surface area contributed by atoms with Crippen molar-refractivity contribution < 1.29 is 4.42 Å². The molecule has 0 aliphatic carbocycles. The van der Waals surface area contributed by atoms with Crippen LogP contribution in [0, 0.1) is 13.8 Å². The summed E-state index contributed by atoms with van der Waals surface area (Å²) < 4.78 is 5.30. The van der Waals surface area contributed by atoms with Crippen molar-refractivity contribution in [1.29, 1.82) is 0 Å². The van der Waals surface area contributed by atoms with Crippen LogP contribution in [0.1, 0.15) is 10.8 Å². The zero-order valence-corrected chi connectivity index (χ0v) is 6.66. The number of nitrogens with zero attached hydrogens (tertiary/aromatic N) is 1. The minimum absolute atomic E-state index is 0.751. The molecule has 0 aliphatic rings. The molecule has 2 aromatic heterocycles. The zero-order valence-electron chi connectivity index (χ0n) is 5.84. The fraction of sp³-hybridized carbons (Fsp3) is 0.286. The van der Waals surface area contributed by atoms with Gasteiger partial charge in [-0.2, -0.15) is 0 Å². The molecule has 0 aliphatic heterocycles. The molecule has 0 N–H and O–H groups in total. The Morgan fingerprint density at radius 2 is 2.30 bits per heavy atom. The van der Waals surface area contributed by atoms with Crippen molar-refractivity contribution in [1.82, 2.24) is 4.98 Å². The maximum absolute atomic E-state index is 5.30. The Hall–Kier alpha value is -0.830. The number of aromatic nitrogens is 1. The molecule has 0 aromatic carbocycles. The number of aryl methyl sites for hydroxylation is 2. The van der Waals surface area contributed by atoms with E-state index in [1.165, 1.54) is 4.88 Å². The second-order valence-corrected chi connectivity index (χ2v) is 3.48. The average molecular weight is 153 g/mol. The summed E-state index contributed by atoms with van der Waals surface area (Å²) in [5.41, 5.74) is 0.986. The van der Waals surface area contributed by atoms with Crippen LogP contribution in [-0.4, -0.2) is 4.98 Å². The average Bonchev–Trinajstić information content (AvgIpc) is 2.21. The molecule has 0 amide bonds. The number of thiophene rings is 1. The van der Waals surface area contributed by atoms with Crippen LogP contribution in [0.4, 0.5) is 0 Å². The summed E-state index contributed by atoms with van der Waals surface area (Å²) in [6.07, 6.45) is 0. The molecule has 0 saturated carbocycles. The van der Waals surface area contributed by atoms with Crippen molar-refractivity contribution >= 4 is 21.8 Å². The topological polar surface area (TPSA) is 26.0 Å². The van der Waals surface area contributed by atoms with Crippen molar-refractivity contribution in [3.63, 3.8) is 0 Å². The maximum atomic E-state index is 5.30. The third-order valence-corrected chi connectivity index (χ3v) is 2.24. The summed E-state index contributed by atoms with van der Waals surface area (Å²) >= 11 is 1.64. The summed E-state index contributed by atoms with van der Waals surface area (Å²) in [7, 11) is 0. The maximum Gasteiger partial charge on any atom is 0.208 e. The minimum atomic E-state index is 0.751. The summed E-state index contributed by atoms with van der Waals surface area (Å²) in [6.45, 7) is 3.92. The highest BCUT2D eigenvalue weighted by Crippen LogP contribution is 2.24. The van der Waals surface area contributed by atoms with Gasteiger partial charge in [0.2, 0.25) is 4.90 Å². The lowest BCUT2D eigenvalue weighted by Crippen LogP contribution is -1.64. The third kappa shape index (κ3) is 0.743. The standard InChI is InChI=1S/C7H7NOS/c1-4-3-6-7(10-4)9-5(2)8-6/h3H,1-2H3. The highest BCUT2D eigenvalue weighted by molar-refractivity contribution is 7.18. The molecule has 0 spiro atoms. The minimum Gasteiger partial charge on any atom is -0.430 e. The Labute approximate surface area is 62.5 Å². The highest BCUT2D eigenvalue weighted by Gasteiger charge is 2.03. The molecule has 0 bridgehead atoms. The van der Waals surface area contributed by atoms with Gasteiger partial charge in [0.15, 0.2) is 5.89 Å². The lowest BCUT2D eigenvalue weighted by Gasteiger charge is -1.75. The van der Waals surface area contributed by atoms with Crippen molar-refractivity contribution in [3.8, 4) is 0 Å². The van der Waals surface area contributed by atoms with E-state index >= 15 is 0 Å². The van der Waals surface area contributed by atoms with Crippen molar-refractivity contribution in [2.24, 2.45) is 0 Å². The van der Waals surface area contributed by atoms with E-state index in [0.29, 0.717) is 0 Å². The second-order valence-electron chi connectivity index (χ2n) is 2.26. The number of hydrogen-bond acceptors (Lipinski definition) is 3. The molecule has 0 fully saturated rings. The van der Waals surface area contributed by atoms with Gasteiger partial charge in [-0.25, -0.2) is 4.98 Å². The quantitative estimate of drug-likeness (QED) is 0.581. The van der Waals surface area contributed by atoms with Gasteiger partial charge in [-0.15, -0.1) is 11.3 Å². The lowest BCUT2D eigenvalue weighted by molar-refractivity contribution is 0.567. The van der Waals surface area contributed by atoms with Gasteiger partial charge >= 0.3 is 0 Å². The van der Waals surface area contributed by atoms with Gasteiger partial charge in [0.25, 0.3) is 0 Å². The lowest BCUT2D eigenvalue weighted by atomic mass is 10.5. The second kappa shape index (κ2) is 1.83. The number of fused-ring (bicyclic) bond motifs is 1. The van der Waals surface area contributed by atoms with Crippen LogP contribution in [0.25, 0.3) is 10.4 Å². The fourth-order valence-corrected chi connectivity index (χ4v) is 1.79. The molecule has 0 unspecified atom stereocenters. The Morgan fingerprint density at radius 1 is 1.50 bits per heavy atom. The summed E-state index contributed by atoms with van der Waals surface area (Å²) in [5, 5.41) is 0. The van der Waals surface area contributed by atoms with E-state index < -0.39 is 0 Å². The zero-order chi connectivity index (χ0) is 7.14. The van der Waals surface area contributed by atoms with E-state index in [0.717, 1.165) is 16.3 Å². The largest absolute Gasteiger partial charge is 0.430 e. The van der Waals surface area contributed by atoms with Gasteiger partial charge in [-0.1, -0.05) is 0 Å². The first kappa shape index (κ1) is 5.92. The van der Waals surface area contributed by atoms with E-state index in [1.807, 2.05) is 13.0 Å². The predicted octanol–water partition coefficient (Wildman–Crippen LogP) is 2.51. The van der Waals surface area contributed by atoms with Crippen LogP contribution in [0.15, 0.2) is 10.5 Å². The smallest absolute Gasteiger partial charge is 0.208 e. The van der Waals surface area contributed by atoms with Crippen LogP contribution in [0.2, 0.25) is 0 Å². The molecule has 3 heteroatoms. The summed E-state index contributed by atoms with van der Waals surface area (Å²) in [5.74, 6) is 0.751. The first-order valence-electron chi connectivity index (χ1n) is 3.09. The molecule has 0 atom stereocenters. The van der Waals surface area contributed by atoms with Crippen LogP contribution >= 0.6 is 11.3 Å². The predicted molar refractivity (Wildman–Crippen MR) is 41.4 cm³/mol. The SMILES string of the molecule is Cc1nc2cc(C)sc2o1. The van der Waals surface area contributed by atoms with Crippen LogP contribution in [-0.2, 0) is 0 Å². The molecule has 2 aromatic rings. The van der Waals surface area contributed by atoms with Crippen molar-refractivity contribution in [2.75, 3.05) is 0 Å². The fourth-order valence-electron chi connectivity index (χ4n) is 0.957. The van der Waals surface area contributed by atoms with Gasteiger partial charge in [0.05, 0.1) is 0 Å². The van der Waals surface area contributed by atoms with E-state index in [9.17, 15) is 0 Å². The van der Waals surface area contributed by atoms with Crippen LogP contribution in [0.3, 0.4) is 0 Å². The van der Waals surface area contributed by atoms with Crippen molar-refractivity contribution in [3.05, 3.63) is 16.8 Å². The molecule has 0 radical (unpaired) electrons. The van der Waals surface area contributed by atoms with Gasteiger partial charge in [-0.05, 0) is 13.0 Å². The Balaban J connectivity index is 2.83. The molecule has 2 heterocycles. The number of hydrogen-bond donors (Lipinski definition) is 0. The molecule has 10 heavy (non-hydrogen) atoms. The summed E-state index contributed by atoms with van der Waals surface area (Å²) in [4.78, 5) is 6.37. The molecular formula is C7H7NOS. The van der Waals surface area contributed by atoms with Crippen LogP contribution in [0.5, 0.6) is 0 Å². The normalized spacial score (nSPS) is 11.0. The molecule has 2 rings (SSSR count). The van der Waals surface area contributed by atoms with Gasteiger partial charge in [-0.3, -0.25) is 0 Å². The van der Waals surface area contributed by atoms with Gasteiger partial charge in [0, 0.05) is 11.8 Å². The van der Waals surface area contributed by atoms with Crippen molar-refractivity contribution in [2.45, 2.75) is 13.8 Å². The van der Waals surface area contributed by atoms with E-state index in [-0.39, 0.29) is 0 Å². The van der Waals surface area contributed by atoms with E-state index in [2.05, 4.69) is 11.9 Å². The first-order chi connectivity index (χ1) is 4.75. The summed E-state index contributed by atoms with van der Waals surface area (Å²) in [6, 6.07) is 2.04. The molecular weight excluding hydrogens is 146 g/mol. The van der Waals surface area contributed by atoms with E-state index in [4.69, 9.17) is 4.42 Å². The van der Waals surface area contributed by atoms with Gasteiger partial charge in [0.1, 0.15) is 5.52 Å². The highest BCUT2D eigenvalue weighted by atomic mass is 32.1.